The number of halogens is 1. The molecule has 0 aromatic heterocycles. The van der Waals surface area contributed by atoms with Gasteiger partial charge in [-0.2, -0.15) is 0 Å². The van der Waals surface area contributed by atoms with Crippen LogP contribution in [0.15, 0.2) is 18.2 Å². The van der Waals surface area contributed by atoms with E-state index in [1.807, 2.05) is 0 Å². The fourth-order valence-corrected chi connectivity index (χ4v) is 1.58. The van der Waals surface area contributed by atoms with E-state index in [4.69, 9.17) is 4.74 Å². The lowest BCUT2D eigenvalue weighted by Crippen LogP contribution is -2.38. The second-order valence-electron chi connectivity index (χ2n) is 3.61. The summed E-state index contributed by atoms with van der Waals surface area (Å²) in [5.41, 5.74) is 1.49. The Balaban J connectivity index is 2.16. The van der Waals surface area contributed by atoms with Gasteiger partial charge in [-0.05, 0) is 24.1 Å². The summed E-state index contributed by atoms with van der Waals surface area (Å²) in [6.45, 7) is 2.23. The molecule has 1 unspecified atom stereocenters. The van der Waals surface area contributed by atoms with Gasteiger partial charge in [0.2, 0.25) is 5.91 Å². The van der Waals surface area contributed by atoms with Gasteiger partial charge in [-0.1, -0.05) is 12.1 Å². The minimum absolute atomic E-state index is 0.0705. The summed E-state index contributed by atoms with van der Waals surface area (Å²) in [6.07, 6.45) is -0.165. The van der Waals surface area contributed by atoms with E-state index >= 15 is 0 Å². The molecule has 15 heavy (non-hydrogen) atoms. The van der Waals surface area contributed by atoms with Crippen molar-refractivity contribution >= 4 is 5.91 Å². The minimum atomic E-state index is -0.224. The van der Waals surface area contributed by atoms with Gasteiger partial charge < -0.3 is 10.1 Å². The van der Waals surface area contributed by atoms with E-state index in [0.717, 1.165) is 5.56 Å². The predicted molar refractivity (Wildman–Crippen MR) is 52.8 cm³/mol. The van der Waals surface area contributed by atoms with Gasteiger partial charge in [-0.25, -0.2) is 4.39 Å². The molecule has 3 nitrogen and oxygen atoms in total. The van der Waals surface area contributed by atoms with Crippen LogP contribution in [-0.2, 0) is 9.53 Å². The van der Waals surface area contributed by atoms with Crippen LogP contribution in [0.2, 0.25) is 0 Å². The average molecular weight is 209 g/mol. The third-order valence-corrected chi connectivity index (χ3v) is 2.45. The maximum Gasteiger partial charge on any atom is 0.246 e. The normalized spacial score (nSPS) is 21.2. The molecule has 1 fully saturated rings. The average Bonchev–Trinajstić information content (AvgIpc) is 2.23. The largest absolute Gasteiger partial charge is 0.362 e. The Morgan fingerprint density at radius 2 is 2.33 bits per heavy atom. The Morgan fingerprint density at radius 1 is 1.53 bits per heavy atom. The van der Waals surface area contributed by atoms with Crippen LogP contribution in [0.3, 0.4) is 0 Å². The molecule has 1 atom stereocenters. The first kappa shape index (κ1) is 10.1. The zero-order valence-electron chi connectivity index (χ0n) is 8.42. The molecule has 0 radical (unpaired) electrons. The quantitative estimate of drug-likeness (QED) is 0.757. The maximum absolute atomic E-state index is 13.0. The number of rotatable bonds is 1. The standard InChI is InChI=1S/C11H12FNO2/c1-7-4-8(2-3-9(7)12)10-5-13-11(14)6-15-10/h2-4,10H,5-6H2,1H3,(H,13,14). The summed E-state index contributed by atoms with van der Waals surface area (Å²) < 4.78 is 18.4. The molecule has 0 aliphatic carbocycles. The van der Waals surface area contributed by atoms with Crippen molar-refractivity contribution in [3.8, 4) is 0 Å². The second-order valence-corrected chi connectivity index (χ2v) is 3.61. The number of hydrogen-bond donors (Lipinski definition) is 1. The lowest BCUT2D eigenvalue weighted by atomic mass is 10.1. The van der Waals surface area contributed by atoms with Crippen LogP contribution in [-0.4, -0.2) is 19.1 Å². The van der Waals surface area contributed by atoms with Crippen molar-refractivity contribution in [2.75, 3.05) is 13.2 Å². The highest BCUT2D eigenvalue weighted by atomic mass is 19.1. The van der Waals surface area contributed by atoms with Crippen LogP contribution in [0.4, 0.5) is 4.39 Å². The van der Waals surface area contributed by atoms with E-state index in [0.29, 0.717) is 12.1 Å². The molecule has 2 rings (SSSR count). The summed E-state index contributed by atoms with van der Waals surface area (Å²) in [7, 11) is 0. The van der Waals surface area contributed by atoms with Gasteiger partial charge in [-0.3, -0.25) is 4.79 Å². The predicted octanol–water partition coefficient (Wildman–Crippen LogP) is 1.32. The Morgan fingerprint density at radius 3 is 2.93 bits per heavy atom. The summed E-state index contributed by atoms with van der Waals surface area (Å²) in [6, 6.07) is 4.85. The van der Waals surface area contributed by atoms with Crippen LogP contribution < -0.4 is 5.32 Å². The van der Waals surface area contributed by atoms with Gasteiger partial charge in [0.1, 0.15) is 18.5 Å². The van der Waals surface area contributed by atoms with E-state index in [-0.39, 0.29) is 24.4 Å². The van der Waals surface area contributed by atoms with Crippen LogP contribution in [0.5, 0.6) is 0 Å². The highest BCUT2D eigenvalue weighted by Crippen LogP contribution is 2.21. The number of hydrogen-bond acceptors (Lipinski definition) is 2. The molecule has 0 spiro atoms. The molecule has 1 heterocycles. The Bertz CT molecular complexity index is 382. The number of nitrogens with one attached hydrogen (secondary N) is 1. The molecule has 1 aliphatic heterocycles. The second kappa shape index (κ2) is 3.98. The van der Waals surface area contributed by atoms with Crippen molar-refractivity contribution < 1.29 is 13.9 Å². The van der Waals surface area contributed by atoms with Crippen molar-refractivity contribution in [2.24, 2.45) is 0 Å². The molecule has 1 aromatic carbocycles. The molecular weight excluding hydrogens is 197 g/mol. The van der Waals surface area contributed by atoms with E-state index in [1.165, 1.54) is 6.07 Å². The van der Waals surface area contributed by atoms with Gasteiger partial charge in [0, 0.05) is 6.54 Å². The Hall–Kier alpha value is -1.42. The first-order valence-electron chi connectivity index (χ1n) is 4.81. The molecular formula is C11H12FNO2. The Labute approximate surface area is 87.2 Å². The van der Waals surface area contributed by atoms with Crippen LogP contribution in [0.1, 0.15) is 17.2 Å². The van der Waals surface area contributed by atoms with Crippen molar-refractivity contribution in [3.05, 3.63) is 35.1 Å². The van der Waals surface area contributed by atoms with E-state index in [2.05, 4.69) is 5.32 Å². The zero-order chi connectivity index (χ0) is 10.8. The number of benzene rings is 1. The Kier molecular flexibility index (Phi) is 2.68. The number of ether oxygens (including phenoxy) is 1. The molecule has 1 saturated heterocycles. The van der Waals surface area contributed by atoms with Crippen molar-refractivity contribution in [3.63, 3.8) is 0 Å². The van der Waals surface area contributed by atoms with Gasteiger partial charge in [0.15, 0.2) is 0 Å². The van der Waals surface area contributed by atoms with Crippen molar-refractivity contribution in [1.29, 1.82) is 0 Å². The third kappa shape index (κ3) is 2.15. The summed E-state index contributed by atoms with van der Waals surface area (Å²) >= 11 is 0. The fourth-order valence-electron chi connectivity index (χ4n) is 1.58. The van der Waals surface area contributed by atoms with Gasteiger partial charge >= 0.3 is 0 Å². The SMILES string of the molecule is Cc1cc(C2CNC(=O)CO2)ccc1F. The molecule has 1 amide bonds. The molecule has 1 aliphatic rings. The minimum Gasteiger partial charge on any atom is -0.362 e. The molecule has 0 saturated carbocycles. The summed E-state index contributed by atoms with van der Waals surface area (Å²) in [5, 5.41) is 2.71. The van der Waals surface area contributed by atoms with Crippen LogP contribution >= 0.6 is 0 Å². The molecule has 1 N–H and O–H groups in total. The summed E-state index contributed by atoms with van der Waals surface area (Å²) in [4.78, 5) is 10.9. The van der Waals surface area contributed by atoms with Crippen LogP contribution in [0.25, 0.3) is 0 Å². The third-order valence-electron chi connectivity index (χ3n) is 2.45. The monoisotopic (exact) mass is 209 g/mol. The topological polar surface area (TPSA) is 38.3 Å². The lowest BCUT2D eigenvalue weighted by Gasteiger charge is -2.23. The first-order chi connectivity index (χ1) is 7.16. The first-order valence-corrected chi connectivity index (χ1v) is 4.81. The number of aryl methyl sites for hydroxylation is 1. The highest BCUT2D eigenvalue weighted by molar-refractivity contribution is 5.77. The van der Waals surface area contributed by atoms with Crippen molar-refractivity contribution in [1.82, 2.24) is 5.32 Å². The molecule has 80 valence electrons. The molecule has 0 bridgehead atoms. The van der Waals surface area contributed by atoms with Gasteiger partial charge in [0.25, 0.3) is 0 Å². The number of carbonyl (C=O) groups excluding carboxylic acids is 1. The van der Waals surface area contributed by atoms with E-state index in [9.17, 15) is 9.18 Å². The number of carbonyl (C=O) groups is 1. The zero-order valence-corrected chi connectivity index (χ0v) is 8.42. The molecule has 4 heteroatoms. The molecule has 1 aromatic rings. The van der Waals surface area contributed by atoms with E-state index in [1.54, 1.807) is 19.1 Å². The van der Waals surface area contributed by atoms with Gasteiger partial charge in [0.05, 0.1) is 0 Å². The highest BCUT2D eigenvalue weighted by Gasteiger charge is 2.20. The lowest BCUT2D eigenvalue weighted by molar-refractivity contribution is -0.133. The number of amides is 1. The van der Waals surface area contributed by atoms with Crippen LogP contribution in [0, 0.1) is 12.7 Å². The summed E-state index contributed by atoms with van der Waals surface area (Å²) in [5.74, 6) is -0.330. The van der Waals surface area contributed by atoms with Crippen molar-refractivity contribution in [2.45, 2.75) is 13.0 Å². The van der Waals surface area contributed by atoms with Gasteiger partial charge in [-0.15, -0.1) is 0 Å². The number of morpholine rings is 1. The smallest absolute Gasteiger partial charge is 0.246 e. The maximum atomic E-state index is 13.0. The fraction of sp³-hybridized carbons (Fsp3) is 0.364. The van der Waals surface area contributed by atoms with E-state index < -0.39 is 0 Å².